The van der Waals surface area contributed by atoms with Crippen molar-refractivity contribution < 1.29 is 29.4 Å². The number of carbonyl (C=O) groups excluding carboxylic acids is 2. The largest absolute Gasteiger partial charge is 0.548 e. The molecule has 7 heteroatoms. The summed E-state index contributed by atoms with van der Waals surface area (Å²) < 4.78 is 5.58. The van der Waals surface area contributed by atoms with Gasteiger partial charge in [-0.05, 0) is 51.0 Å². The van der Waals surface area contributed by atoms with Crippen molar-refractivity contribution in [1.82, 2.24) is 5.32 Å². The Morgan fingerprint density at radius 1 is 0.673 bits per heavy atom. The fourth-order valence-electron chi connectivity index (χ4n) is 6.39. The Labute approximate surface area is 303 Å². The van der Waals surface area contributed by atoms with Crippen LogP contribution in [-0.4, -0.2) is 56.1 Å². The van der Waals surface area contributed by atoms with Crippen LogP contribution in [0.5, 0.6) is 0 Å². The Bertz CT molecular complexity index is 772. The number of nitrogens with one attached hydrogen (secondary N) is 2. The fourth-order valence-corrected chi connectivity index (χ4v) is 6.39. The van der Waals surface area contributed by atoms with E-state index < -0.39 is 12.6 Å². The van der Waals surface area contributed by atoms with E-state index in [0.29, 0.717) is 19.2 Å². The maximum absolute atomic E-state index is 12.2. The standard InChI is InChI=1S/C40H76N2O2.C2H4O3/c1-3-5-7-9-11-13-15-17-19-21-23-25-27-29-31-33-39-41-35-36-42(39)37-38-44-40(43)34-32-30-28-26-24-22-20-18-16-14-12-10-8-6-4-2;3-1-2(4)5/h18,20,31,33,39,41H,3-17,19,21-30,32,34-38H2,1-2H3;3H,1H2,(H,4,5)/b20-18-,33-31+;. The molecule has 0 aromatic carbocycles. The summed E-state index contributed by atoms with van der Waals surface area (Å²) in [6.45, 7) is 7.29. The molecule has 3 N–H and O–H groups in total. The number of quaternary nitrogens is 1. The van der Waals surface area contributed by atoms with Crippen molar-refractivity contribution in [3.8, 4) is 0 Å². The summed E-state index contributed by atoms with van der Waals surface area (Å²) in [7, 11) is 0. The Balaban J connectivity index is 0.00000427. The molecule has 0 aliphatic carbocycles. The van der Waals surface area contributed by atoms with E-state index in [1.54, 1.807) is 0 Å². The first-order valence-electron chi connectivity index (χ1n) is 20.9. The minimum Gasteiger partial charge on any atom is -0.548 e. The first-order chi connectivity index (χ1) is 24.0. The predicted molar refractivity (Wildman–Crippen MR) is 204 cm³/mol. The van der Waals surface area contributed by atoms with Crippen molar-refractivity contribution in [2.24, 2.45) is 0 Å². The van der Waals surface area contributed by atoms with Crippen LogP contribution in [0.2, 0.25) is 0 Å². The number of carboxylic acid groups (broad SMARTS) is 1. The highest BCUT2D eigenvalue weighted by Gasteiger charge is 2.25. The average molecular weight is 693 g/mol. The van der Waals surface area contributed by atoms with Crippen LogP contribution in [0.3, 0.4) is 0 Å². The number of rotatable bonds is 34. The second-order valence-corrected chi connectivity index (χ2v) is 14.1. The van der Waals surface area contributed by atoms with Gasteiger partial charge in [0.05, 0.1) is 25.7 Å². The molecule has 0 saturated carbocycles. The summed E-state index contributed by atoms with van der Waals surface area (Å²) in [5.74, 6) is -1.45. The summed E-state index contributed by atoms with van der Waals surface area (Å²) >= 11 is 0. The van der Waals surface area contributed by atoms with Crippen LogP contribution in [0.1, 0.15) is 194 Å². The molecule has 49 heavy (non-hydrogen) atoms. The van der Waals surface area contributed by atoms with Crippen LogP contribution in [0.4, 0.5) is 0 Å². The normalized spacial score (nSPS) is 16.0. The van der Waals surface area contributed by atoms with Gasteiger partial charge in [-0.2, -0.15) is 0 Å². The quantitative estimate of drug-likeness (QED) is 0.0358. The van der Waals surface area contributed by atoms with Gasteiger partial charge in [0.2, 0.25) is 0 Å². The zero-order chi connectivity index (χ0) is 35.9. The number of esters is 1. The van der Waals surface area contributed by atoms with E-state index in [0.717, 1.165) is 32.5 Å². The summed E-state index contributed by atoms with van der Waals surface area (Å²) in [5, 5.41) is 20.1. The molecule has 0 aromatic rings. The number of aliphatic carboxylic acids is 1. The molecule has 7 nitrogen and oxygen atoms in total. The molecular formula is C42H80N2O5. The van der Waals surface area contributed by atoms with Crippen LogP contribution < -0.4 is 15.3 Å². The molecule has 1 heterocycles. The number of carbonyl (C=O) groups is 2. The molecule has 288 valence electrons. The zero-order valence-corrected chi connectivity index (χ0v) is 32.3. The van der Waals surface area contributed by atoms with Crippen LogP contribution in [0, 0.1) is 0 Å². The Kier molecular flexibility index (Phi) is 37.7. The van der Waals surface area contributed by atoms with E-state index in [2.05, 4.69) is 43.5 Å². The van der Waals surface area contributed by atoms with E-state index in [1.165, 1.54) is 165 Å². The molecule has 1 aliphatic heterocycles. The Morgan fingerprint density at radius 3 is 1.53 bits per heavy atom. The molecular weight excluding hydrogens is 612 g/mol. The predicted octanol–water partition coefficient (Wildman–Crippen LogP) is 8.15. The van der Waals surface area contributed by atoms with Crippen molar-refractivity contribution in [1.29, 1.82) is 0 Å². The number of hydrogen-bond donors (Lipinski definition) is 3. The smallest absolute Gasteiger partial charge is 0.305 e. The molecule has 1 aliphatic rings. The number of hydrogen-bond acceptors (Lipinski definition) is 6. The first-order valence-corrected chi connectivity index (χ1v) is 20.9. The van der Waals surface area contributed by atoms with Gasteiger partial charge in [-0.3, -0.25) is 10.1 Å². The first kappa shape index (κ1) is 47.3. The summed E-state index contributed by atoms with van der Waals surface area (Å²) in [5.41, 5.74) is 0. The van der Waals surface area contributed by atoms with Gasteiger partial charge >= 0.3 is 5.97 Å². The van der Waals surface area contributed by atoms with Crippen molar-refractivity contribution in [3.05, 3.63) is 24.3 Å². The molecule has 0 bridgehead atoms. The van der Waals surface area contributed by atoms with Crippen molar-refractivity contribution >= 4 is 11.9 Å². The van der Waals surface area contributed by atoms with Gasteiger partial charge in [0.15, 0.2) is 6.17 Å². The molecule has 1 rings (SSSR count). The van der Waals surface area contributed by atoms with E-state index in [1.807, 2.05) is 0 Å². The van der Waals surface area contributed by atoms with Gasteiger partial charge in [0.1, 0.15) is 13.2 Å². The van der Waals surface area contributed by atoms with Crippen molar-refractivity contribution in [2.45, 2.75) is 200 Å². The monoisotopic (exact) mass is 693 g/mol. The average Bonchev–Trinajstić information content (AvgIpc) is 3.55. The van der Waals surface area contributed by atoms with E-state index >= 15 is 0 Å². The number of aliphatic hydroxyl groups excluding tert-OH is 1. The van der Waals surface area contributed by atoms with Gasteiger partial charge in [-0.1, -0.05) is 160 Å². The highest BCUT2D eigenvalue weighted by Crippen LogP contribution is 2.13. The van der Waals surface area contributed by atoms with E-state index in [-0.39, 0.29) is 5.97 Å². The lowest BCUT2D eigenvalue weighted by Gasteiger charge is -2.18. The molecule has 2 unspecified atom stereocenters. The second kappa shape index (κ2) is 39.1. The molecule has 0 spiro atoms. The molecule has 0 amide bonds. The SMILES string of the molecule is CCCCCCCC/C=C\CCCCCCCC(=O)OCC[NH+]1CCNC1/C=C/CCCCCCCCCCCCCCC.O=C([O-])CO. The Hall–Kier alpha value is -1.70. The van der Waals surface area contributed by atoms with E-state index in [9.17, 15) is 4.79 Å². The van der Waals surface area contributed by atoms with Gasteiger partial charge < -0.3 is 24.6 Å². The zero-order valence-electron chi connectivity index (χ0n) is 32.3. The lowest BCUT2D eigenvalue weighted by Crippen LogP contribution is -3.14. The topological polar surface area (TPSA) is 103 Å². The van der Waals surface area contributed by atoms with Crippen molar-refractivity contribution in [2.75, 3.05) is 32.8 Å². The number of carboxylic acids is 1. The highest BCUT2D eigenvalue weighted by atomic mass is 16.5. The third-order valence-electron chi connectivity index (χ3n) is 9.51. The van der Waals surface area contributed by atoms with Gasteiger partial charge in [-0.15, -0.1) is 0 Å². The minimum atomic E-state index is -1.44. The summed E-state index contributed by atoms with van der Waals surface area (Å²) in [6.07, 6.45) is 46.6. The molecule has 1 saturated heterocycles. The second-order valence-electron chi connectivity index (χ2n) is 14.1. The van der Waals surface area contributed by atoms with Gasteiger partial charge in [-0.25, -0.2) is 0 Å². The third kappa shape index (κ3) is 35.9. The van der Waals surface area contributed by atoms with Crippen LogP contribution in [0.25, 0.3) is 0 Å². The number of unbranched alkanes of at least 4 members (excludes halogenated alkanes) is 24. The van der Waals surface area contributed by atoms with Gasteiger partial charge in [0.25, 0.3) is 0 Å². The third-order valence-corrected chi connectivity index (χ3v) is 9.51. The lowest BCUT2D eigenvalue weighted by atomic mass is 10.0. The van der Waals surface area contributed by atoms with E-state index in [4.69, 9.17) is 19.7 Å². The minimum absolute atomic E-state index is 0.0105. The maximum atomic E-state index is 12.2. The lowest BCUT2D eigenvalue weighted by molar-refractivity contribution is -0.906. The van der Waals surface area contributed by atoms with Gasteiger partial charge in [0, 0.05) is 6.42 Å². The highest BCUT2D eigenvalue weighted by molar-refractivity contribution is 5.69. The summed E-state index contributed by atoms with van der Waals surface area (Å²) in [6, 6.07) is 0. The fraction of sp³-hybridized carbons (Fsp3) is 0.857. The molecule has 0 radical (unpaired) electrons. The molecule has 1 fully saturated rings. The maximum Gasteiger partial charge on any atom is 0.305 e. The molecule has 2 atom stereocenters. The number of ether oxygens (including phenoxy) is 1. The number of aliphatic hydroxyl groups is 1. The van der Waals surface area contributed by atoms with Crippen LogP contribution in [-0.2, 0) is 14.3 Å². The van der Waals surface area contributed by atoms with Crippen molar-refractivity contribution in [3.63, 3.8) is 0 Å². The summed E-state index contributed by atoms with van der Waals surface area (Å²) in [4.78, 5) is 22.7. The number of allylic oxidation sites excluding steroid dienone is 3. The Morgan fingerprint density at radius 2 is 1.08 bits per heavy atom. The van der Waals surface area contributed by atoms with Crippen LogP contribution in [0.15, 0.2) is 24.3 Å². The molecule has 0 aromatic heterocycles. The van der Waals surface area contributed by atoms with Crippen LogP contribution >= 0.6 is 0 Å².